The number of rotatable bonds is 36. The highest BCUT2D eigenvalue weighted by atomic mass is 31.2. The van der Waals surface area contributed by atoms with Crippen LogP contribution in [0.3, 0.4) is 0 Å². The van der Waals surface area contributed by atoms with Gasteiger partial charge in [0.05, 0.1) is 25.4 Å². The van der Waals surface area contributed by atoms with Crippen molar-refractivity contribution in [3.8, 4) is 0 Å². The number of aliphatic hydroxyl groups excluding tert-OH is 1. The summed E-state index contributed by atoms with van der Waals surface area (Å²) in [5.74, 6) is -0.214. The van der Waals surface area contributed by atoms with Gasteiger partial charge in [-0.3, -0.25) is 13.8 Å². The van der Waals surface area contributed by atoms with E-state index in [0.29, 0.717) is 6.42 Å². The lowest BCUT2D eigenvalue weighted by Gasteiger charge is -2.23. The molecule has 0 aliphatic rings. The lowest BCUT2D eigenvalue weighted by atomic mass is 10.0. The summed E-state index contributed by atoms with van der Waals surface area (Å²) in [6.45, 7) is 4.01. The van der Waals surface area contributed by atoms with E-state index in [1.165, 1.54) is 96.3 Å². The second kappa shape index (κ2) is 36.3. The monoisotopic (exact) mass is 711 g/mol. The largest absolute Gasteiger partial charge is 0.472 e. The zero-order valence-corrected chi connectivity index (χ0v) is 32.3. The van der Waals surface area contributed by atoms with E-state index in [0.717, 1.165) is 51.4 Å². The first-order valence-corrected chi connectivity index (χ1v) is 21.3. The molecule has 5 N–H and O–H groups in total. The number of amides is 1. The summed E-state index contributed by atoms with van der Waals surface area (Å²) in [6.07, 6.45) is 43.1. The van der Waals surface area contributed by atoms with E-state index in [2.05, 4.69) is 55.6 Å². The normalized spacial score (nSPS) is 14.8. The molecule has 49 heavy (non-hydrogen) atoms. The molecule has 0 saturated heterocycles. The van der Waals surface area contributed by atoms with Crippen LogP contribution in [0.1, 0.15) is 168 Å². The standard InChI is InChI=1S/C40H75N2O6P/c1-3-5-7-9-11-13-15-16-17-18-19-20-21-22-24-26-28-30-32-34-40(44)42-38(37-48-49(45,46)47-36-35-41)39(43)33-31-29-27-25-23-14-12-10-8-6-4-2/h8,10,16-17,23,25,31,33,38-39,43H,3-7,9,11-15,18-22,24,26-30,32,34-37,41H2,1-2H3,(H,42,44)(H,45,46)/b10-8+,17-16-,25-23+,33-31+. The molecule has 0 aromatic carbocycles. The van der Waals surface area contributed by atoms with Gasteiger partial charge in [0.2, 0.25) is 5.91 Å². The number of phosphoric acid groups is 1. The van der Waals surface area contributed by atoms with Gasteiger partial charge in [-0.15, -0.1) is 0 Å². The number of hydrogen-bond acceptors (Lipinski definition) is 6. The minimum atomic E-state index is -4.34. The summed E-state index contributed by atoms with van der Waals surface area (Å²) in [5.41, 5.74) is 5.35. The fraction of sp³-hybridized carbons (Fsp3) is 0.775. The molecular formula is C40H75N2O6P. The molecule has 0 heterocycles. The highest BCUT2D eigenvalue weighted by Crippen LogP contribution is 2.43. The van der Waals surface area contributed by atoms with Crippen molar-refractivity contribution >= 4 is 13.7 Å². The van der Waals surface area contributed by atoms with E-state index < -0.39 is 20.0 Å². The Morgan fingerprint density at radius 3 is 1.65 bits per heavy atom. The molecule has 0 bridgehead atoms. The molecular weight excluding hydrogens is 635 g/mol. The summed E-state index contributed by atoms with van der Waals surface area (Å²) in [6, 6.07) is -0.882. The molecule has 0 aromatic heterocycles. The number of nitrogens with two attached hydrogens (primary N) is 1. The average molecular weight is 711 g/mol. The van der Waals surface area contributed by atoms with Crippen LogP contribution >= 0.6 is 7.82 Å². The Balaban J connectivity index is 4.25. The zero-order chi connectivity index (χ0) is 36.1. The predicted octanol–water partition coefficient (Wildman–Crippen LogP) is 10.6. The van der Waals surface area contributed by atoms with Crippen LogP contribution in [0.15, 0.2) is 48.6 Å². The van der Waals surface area contributed by atoms with Crippen LogP contribution in [0.25, 0.3) is 0 Å². The topological polar surface area (TPSA) is 131 Å². The summed E-state index contributed by atoms with van der Waals surface area (Å²) in [4.78, 5) is 22.6. The maximum Gasteiger partial charge on any atom is 0.472 e. The molecule has 3 unspecified atom stereocenters. The van der Waals surface area contributed by atoms with Gasteiger partial charge in [0.25, 0.3) is 0 Å². The van der Waals surface area contributed by atoms with Gasteiger partial charge < -0.3 is 21.1 Å². The lowest BCUT2D eigenvalue weighted by molar-refractivity contribution is -0.123. The summed E-state index contributed by atoms with van der Waals surface area (Å²) < 4.78 is 22.0. The van der Waals surface area contributed by atoms with E-state index in [1.54, 1.807) is 6.08 Å². The van der Waals surface area contributed by atoms with Gasteiger partial charge in [0.1, 0.15) is 0 Å². The average Bonchev–Trinajstić information content (AvgIpc) is 3.09. The fourth-order valence-corrected chi connectivity index (χ4v) is 6.10. The second-order valence-corrected chi connectivity index (χ2v) is 14.6. The van der Waals surface area contributed by atoms with Crippen molar-refractivity contribution in [1.29, 1.82) is 0 Å². The molecule has 0 aromatic rings. The number of aliphatic hydroxyl groups is 1. The van der Waals surface area contributed by atoms with Crippen LogP contribution in [0.2, 0.25) is 0 Å². The molecule has 0 spiro atoms. The Morgan fingerprint density at radius 2 is 1.12 bits per heavy atom. The second-order valence-electron chi connectivity index (χ2n) is 13.1. The number of carbonyl (C=O) groups excluding carboxylic acids is 1. The third-order valence-electron chi connectivity index (χ3n) is 8.34. The first kappa shape index (κ1) is 47.5. The van der Waals surface area contributed by atoms with Crippen molar-refractivity contribution in [2.24, 2.45) is 5.73 Å². The van der Waals surface area contributed by atoms with Crippen molar-refractivity contribution in [2.75, 3.05) is 19.8 Å². The molecule has 0 aliphatic carbocycles. The number of hydrogen-bond donors (Lipinski definition) is 4. The fourth-order valence-electron chi connectivity index (χ4n) is 5.34. The first-order chi connectivity index (χ1) is 23.9. The Hall–Kier alpha value is -1.54. The molecule has 1 amide bonds. The van der Waals surface area contributed by atoms with Crippen LogP contribution in [0.5, 0.6) is 0 Å². The maximum absolute atomic E-state index is 12.7. The summed E-state index contributed by atoms with van der Waals surface area (Å²) in [7, 11) is -4.34. The summed E-state index contributed by atoms with van der Waals surface area (Å²) >= 11 is 0. The van der Waals surface area contributed by atoms with E-state index in [1.807, 2.05) is 6.08 Å². The number of carbonyl (C=O) groups is 1. The molecule has 0 radical (unpaired) electrons. The van der Waals surface area contributed by atoms with Crippen LogP contribution in [0.4, 0.5) is 0 Å². The van der Waals surface area contributed by atoms with Crippen molar-refractivity contribution in [2.45, 2.75) is 180 Å². The molecule has 3 atom stereocenters. The Labute approximate surface area is 301 Å². The smallest absolute Gasteiger partial charge is 0.387 e. The van der Waals surface area contributed by atoms with E-state index in [9.17, 15) is 19.4 Å². The van der Waals surface area contributed by atoms with Crippen molar-refractivity contribution in [1.82, 2.24) is 5.32 Å². The van der Waals surface area contributed by atoms with Gasteiger partial charge in [-0.1, -0.05) is 146 Å². The van der Waals surface area contributed by atoms with E-state index >= 15 is 0 Å². The molecule has 0 fully saturated rings. The molecule has 0 rings (SSSR count). The van der Waals surface area contributed by atoms with Crippen molar-refractivity contribution in [3.05, 3.63) is 48.6 Å². The Bertz CT molecular complexity index is 907. The lowest BCUT2D eigenvalue weighted by Crippen LogP contribution is -2.45. The molecule has 286 valence electrons. The number of unbranched alkanes of at least 4 members (excludes halogenated alkanes) is 18. The van der Waals surface area contributed by atoms with Gasteiger partial charge in [0, 0.05) is 13.0 Å². The molecule has 0 aliphatic heterocycles. The Morgan fingerprint density at radius 1 is 0.653 bits per heavy atom. The zero-order valence-electron chi connectivity index (χ0n) is 31.4. The van der Waals surface area contributed by atoms with Crippen LogP contribution in [-0.2, 0) is 18.4 Å². The molecule has 8 nitrogen and oxygen atoms in total. The maximum atomic E-state index is 12.7. The molecule has 0 saturated carbocycles. The first-order valence-electron chi connectivity index (χ1n) is 19.8. The van der Waals surface area contributed by atoms with Gasteiger partial charge in [-0.25, -0.2) is 4.57 Å². The van der Waals surface area contributed by atoms with Crippen LogP contribution < -0.4 is 11.1 Å². The third-order valence-corrected chi connectivity index (χ3v) is 9.32. The van der Waals surface area contributed by atoms with Crippen molar-refractivity contribution in [3.63, 3.8) is 0 Å². The minimum Gasteiger partial charge on any atom is -0.387 e. The number of nitrogens with one attached hydrogen (secondary N) is 1. The van der Waals surface area contributed by atoms with Gasteiger partial charge in [-0.2, -0.15) is 0 Å². The number of allylic oxidation sites excluding steroid dienone is 7. The van der Waals surface area contributed by atoms with Crippen molar-refractivity contribution < 1.29 is 28.4 Å². The SMILES string of the molecule is CCC/C=C/CC/C=C/CC/C=C/C(O)C(COP(=O)(O)OCCN)NC(=O)CCCCCCCCCCC/C=C\CCCCCCCC. The quantitative estimate of drug-likeness (QED) is 0.0289. The van der Waals surface area contributed by atoms with Gasteiger partial charge >= 0.3 is 7.82 Å². The predicted molar refractivity (Wildman–Crippen MR) is 207 cm³/mol. The van der Waals surface area contributed by atoms with Crippen LogP contribution in [-0.4, -0.2) is 47.8 Å². The molecule has 9 heteroatoms. The van der Waals surface area contributed by atoms with Crippen LogP contribution in [0, 0.1) is 0 Å². The Kier molecular flexibility index (Phi) is 35.1. The number of phosphoric ester groups is 1. The van der Waals surface area contributed by atoms with Gasteiger partial charge in [0.15, 0.2) is 0 Å². The third kappa shape index (κ3) is 34.7. The highest BCUT2D eigenvalue weighted by Gasteiger charge is 2.26. The minimum absolute atomic E-state index is 0.0701. The van der Waals surface area contributed by atoms with Gasteiger partial charge in [-0.05, 0) is 64.2 Å². The highest BCUT2D eigenvalue weighted by molar-refractivity contribution is 7.47. The van der Waals surface area contributed by atoms with E-state index in [-0.39, 0.29) is 25.7 Å². The summed E-state index contributed by atoms with van der Waals surface area (Å²) in [5, 5.41) is 13.6. The van der Waals surface area contributed by atoms with E-state index in [4.69, 9.17) is 14.8 Å².